The van der Waals surface area contributed by atoms with Crippen LogP contribution in [0.25, 0.3) is 0 Å². The van der Waals surface area contributed by atoms with Crippen LogP contribution in [0, 0.1) is 0 Å². The van der Waals surface area contributed by atoms with E-state index >= 15 is 0 Å². The Morgan fingerprint density at radius 3 is 1.15 bits per heavy atom. The predicted octanol–water partition coefficient (Wildman–Crippen LogP) is 5.77. The second kappa shape index (κ2) is 6.89. The summed E-state index contributed by atoms with van der Waals surface area (Å²) in [6, 6.07) is 38.8. The van der Waals surface area contributed by atoms with Crippen molar-refractivity contribution in [2.75, 3.05) is 0 Å². The number of phenolic OH excluding ortho intramolecular Hbond substituents is 1. The summed E-state index contributed by atoms with van der Waals surface area (Å²) in [7, 11) is 0. The molecule has 1 N–H and O–H groups in total. The van der Waals surface area contributed by atoms with Gasteiger partial charge in [-0.2, -0.15) is 0 Å². The van der Waals surface area contributed by atoms with Gasteiger partial charge < -0.3 is 5.11 Å². The van der Waals surface area contributed by atoms with Crippen molar-refractivity contribution in [1.82, 2.24) is 0 Å². The summed E-state index contributed by atoms with van der Waals surface area (Å²) in [4.78, 5) is 0. The Bertz CT molecular complexity index is 879. The van der Waals surface area contributed by atoms with Gasteiger partial charge in [-0.25, -0.2) is 0 Å². The van der Waals surface area contributed by atoms with Crippen LogP contribution in [0.1, 0.15) is 22.3 Å². The van der Waals surface area contributed by atoms with Gasteiger partial charge in [-0.1, -0.05) is 109 Å². The minimum absolute atomic E-state index is 0.295. The largest absolute Gasteiger partial charge is 0.508 e. The van der Waals surface area contributed by atoms with Crippen LogP contribution in [0.3, 0.4) is 0 Å². The van der Waals surface area contributed by atoms with E-state index in [-0.39, 0.29) is 0 Å². The van der Waals surface area contributed by atoms with Crippen molar-refractivity contribution < 1.29 is 5.11 Å². The van der Waals surface area contributed by atoms with Gasteiger partial charge in [0.25, 0.3) is 0 Å². The Morgan fingerprint density at radius 2 is 0.769 bits per heavy atom. The zero-order valence-corrected chi connectivity index (χ0v) is 14.4. The van der Waals surface area contributed by atoms with Crippen LogP contribution in [0.15, 0.2) is 115 Å². The first-order chi connectivity index (χ1) is 12.8. The number of hydrogen-bond acceptors (Lipinski definition) is 1. The molecule has 0 aromatic heterocycles. The van der Waals surface area contributed by atoms with Crippen molar-refractivity contribution in [1.29, 1.82) is 0 Å². The molecule has 0 spiro atoms. The molecular formula is C25H20O. The Morgan fingerprint density at radius 1 is 0.423 bits per heavy atom. The van der Waals surface area contributed by atoms with E-state index < -0.39 is 5.41 Å². The normalized spacial score (nSPS) is 11.2. The monoisotopic (exact) mass is 336 g/mol. The number of phenols is 1. The third kappa shape index (κ3) is 2.58. The summed E-state index contributed by atoms with van der Waals surface area (Å²) in [5, 5.41) is 10.8. The SMILES string of the molecule is Oc1ccccc1C(c1ccccc1)(c1ccccc1)c1ccccc1. The van der Waals surface area contributed by atoms with Crippen LogP contribution in [0.2, 0.25) is 0 Å². The number of para-hydroxylation sites is 1. The zero-order valence-electron chi connectivity index (χ0n) is 14.4. The minimum Gasteiger partial charge on any atom is -0.508 e. The van der Waals surface area contributed by atoms with E-state index in [0.717, 1.165) is 22.3 Å². The lowest BCUT2D eigenvalue weighted by Crippen LogP contribution is -2.31. The van der Waals surface area contributed by atoms with Gasteiger partial charge in [0.2, 0.25) is 0 Å². The number of benzene rings is 4. The fourth-order valence-corrected chi connectivity index (χ4v) is 3.82. The first-order valence-electron chi connectivity index (χ1n) is 8.78. The summed E-state index contributed by atoms with van der Waals surface area (Å²) in [5.41, 5.74) is 3.66. The van der Waals surface area contributed by atoms with Gasteiger partial charge in [0.05, 0.1) is 5.41 Å². The predicted molar refractivity (Wildman–Crippen MR) is 106 cm³/mol. The maximum Gasteiger partial charge on any atom is 0.120 e. The van der Waals surface area contributed by atoms with Crippen LogP contribution in [-0.2, 0) is 5.41 Å². The number of rotatable bonds is 4. The summed E-state index contributed by atoms with van der Waals surface area (Å²) in [6.45, 7) is 0. The average molecular weight is 336 g/mol. The number of hydrogen-bond donors (Lipinski definition) is 1. The molecular weight excluding hydrogens is 316 g/mol. The third-order valence-corrected chi connectivity index (χ3v) is 4.93. The molecule has 4 aromatic carbocycles. The molecule has 0 heterocycles. The Balaban J connectivity index is 2.17. The van der Waals surface area contributed by atoms with Crippen molar-refractivity contribution in [2.45, 2.75) is 5.41 Å². The second-order valence-corrected chi connectivity index (χ2v) is 6.37. The summed E-state index contributed by atoms with van der Waals surface area (Å²) >= 11 is 0. The van der Waals surface area contributed by atoms with E-state index in [1.165, 1.54) is 0 Å². The third-order valence-electron chi connectivity index (χ3n) is 4.93. The molecule has 0 atom stereocenters. The van der Waals surface area contributed by atoms with Crippen LogP contribution < -0.4 is 0 Å². The Kier molecular flexibility index (Phi) is 4.28. The van der Waals surface area contributed by atoms with Gasteiger partial charge in [-0.05, 0) is 22.8 Å². The maximum atomic E-state index is 10.8. The maximum absolute atomic E-state index is 10.8. The van der Waals surface area contributed by atoms with Crippen molar-refractivity contribution in [3.63, 3.8) is 0 Å². The minimum atomic E-state index is -0.588. The van der Waals surface area contributed by atoms with Crippen molar-refractivity contribution in [3.8, 4) is 5.75 Å². The lowest BCUT2D eigenvalue weighted by atomic mass is 9.65. The van der Waals surface area contributed by atoms with Gasteiger partial charge in [-0.15, -0.1) is 0 Å². The van der Waals surface area contributed by atoms with E-state index in [9.17, 15) is 5.11 Å². The summed E-state index contributed by atoms with van der Waals surface area (Å²) < 4.78 is 0. The molecule has 4 rings (SSSR count). The first kappa shape index (κ1) is 16.2. The first-order valence-corrected chi connectivity index (χ1v) is 8.78. The van der Waals surface area contributed by atoms with Crippen LogP contribution in [0.5, 0.6) is 5.75 Å². The molecule has 0 radical (unpaired) electrons. The highest BCUT2D eigenvalue weighted by Crippen LogP contribution is 2.47. The lowest BCUT2D eigenvalue weighted by molar-refractivity contribution is 0.460. The van der Waals surface area contributed by atoms with E-state index in [1.807, 2.05) is 36.4 Å². The molecule has 0 aliphatic rings. The van der Waals surface area contributed by atoms with E-state index in [4.69, 9.17) is 0 Å². The van der Waals surface area contributed by atoms with E-state index in [2.05, 4.69) is 72.8 Å². The summed E-state index contributed by atoms with van der Waals surface area (Å²) in [6.07, 6.45) is 0. The molecule has 0 amide bonds. The molecule has 0 aliphatic heterocycles. The highest BCUT2D eigenvalue weighted by Gasteiger charge is 2.39. The highest BCUT2D eigenvalue weighted by molar-refractivity contribution is 5.62. The highest BCUT2D eigenvalue weighted by atomic mass is 16.3. The number of aromatic hydroxyl groups is 1. The van der Waals surface area contributed by atoms with Gasteiger partial charge in [0.15, 0.2) is 0 Å². The molecule has 26 heavy (non-hydrogen) atoms. The standard InChI is InChI=1S/C25H20O/c26-24-19-11-10-18-23(24)25(20-12-4-1-5-13-20,21-14-6-2-7-15-21)22-16-8-3-9-17-22/h1-19,26H. The molecule has 126 valence electrons. The van der Waals surface area contributed by atoms with Gasteiger partial charge >= 0.3 is 0 Å². The van der Waals surface area contributed by atoms with Crippen molar-refractivity contribution in [2.24, 2.45) is 0 Å². The van der Waals surface area contributed by atoms with Gasteiger partial charge in [0, 0.05) is 5.56 Å². The topological polar surface area (TPSA) is 20.2 Å². The molecule has 1 heteroatoms. The molecule has 4 aromatic rings. The van der Waals surface area contributed by atoms with Gasteiger partial charge in [0.1, 0.15) is 5.75 Å². The fraction of sp³-hybridized carbons (Fsp3) is 0.0400. The van der Waals surface area contributed by atoms with Crippen LogP contribution in [0.4, 0.5) is 0 Å². The molecule has 0 fully saturated rings. The quantitative estimate of drug-likeness (QED) is 0.469. The van der Waals surface area contributed by atoms with Crippen LogP contribution in [-0.4, -0.2) is 5.11 Å². The lowest BCUT2D eigenvalue weighted by Gasteiger charge is -2.37. The van der Waals surface area contributed by atoms with Crippen molar-refractivity contribution >= 4 is 0 Å². The second-order valence-electron chi connectivity index (χ2n) is 6.37. The van der Waals surface area contributed by atoms with Crippen LogP contribution >= 0.6 is 0 Å². The van der Waals surface area contributed by atoms with Gasteiger partial charge in [-0.3, -0.25) is 0 Å². The molecule has 0 saturated carbocycles. The molecule has 0 saturated heterocycles. The Labute approximate surface area is 154 Å². The van der Waals surface area contributed by atoms with E-state index in [0.29, 0.717) is 5.75 Å². The molecule has 0 unspecified atom stereocenters. The zero-order chi connectivity index (χ0) is 17.8. The Hall–Kier alpha value is -3.32. The smallest absolute Gasteiger partial charge is 0.120 e. The molecule has 0 bridgehead atoms. The average Bonchev–Trinajstić information content (AvgIpc) is 2.72. The summed E-state index contributed by atoms with van der Waals surface area (Å²) in [5.74, 6) is 0.295. The van der Waals surface area contributed by atoms with E-state index in [1.54, 1.807) is 6.07 Å². The molecule has 1 nitrogen and oxygen atoms in total. The van der Waals surface area contributed by atoms with Crippen molar-refractivity contribution in [3.05, 3.63) is 138 Å². The molecule has 0 aliphatic carbocycles. The fourth-order valence-electron chi connectivity index (χ4n) is 3.82.